The number of carbonyl (C=O) groups excluding carboxylic acids is 1. The van der Waals surface area contributed by atoms with E-state index in [1.807, 2.05) is 29.8 Å². The zero-order valence-electron chi connectivity index (χ0n) is 21.6. The first kappa shape index (κ1) is 28.3. The number of nitrogens with one attached hydrogen (secondary N) is 1. The van der Waals surface area contributed by atoms with E-state index < -0.39 is 6.43 Å². The van der Waals surface area contributed by atoms with Gasteiger partial charge < -0.3 is 20.0 Å². The van der Waals surface area contributed by atoms with Crippen molar-refractivity contribution < 1.29 is 18.3 Å². The van der Waals surface area contributed by atoms with Gasteiger partial charge in [-0.25, -0.2) is 23.7 Å². The maximum Gasteiger partial charge on any atom is 0.280 e. The Morgan fingerprint density at radius 2 is 2.00 bits per heavy atom. The lowest BCUT2D eigenvalue weighted by Crippen LogP contribution is -1.98. The van der Waals surface area contributed by atoms with Crippen LogP contribution >= 0.6 is 12.2 Å². The molecule has 3 heterocycles. The van der Waals surface area contributed by atoms with E-state index in [-0.39, 0.29) is 12.1 Å². The Balaban J connectivity index is 0.00000118. The van der Waals surface area contributed by atoms with Crippen molar-refractivity contribution in [1.29, 1.82) is 0 Å². The topological polar surface area (TPSA) is 124 Å². The van der Waals surface area contributed by atoms with Crippen molar-refractivity contribution >= 4 is 30.7 Å². The minimum absolute atomic E-state index is 0.250. The molecule has 1 fully saturated rings. The lowest BCUT2D eigenvalue weighted by Gasteiger charge is -2.14. The molecule has 0 aliphatic heterocycles. The van der Waals surface area contributed by atoms with E-state index in [0.717, 1.165) is 24.1 Å². The Morgan fingerprint density at radius 1 is 1.23 bits per heavy atom. The SMILES string of the molecule is COc1cnc(C(F)F)cc1-c1cc(-c2cncn2C)ccc1C=Nc1ncc(C#CC2CC2)[nH]c1=S.NC=O. The molecule has 0 unspecified atom stereocenters. The average molecular weight is 562 g/mol. The van der Waals surface area contributed by atoms with Crippen LogP contribution in [0.2, 0.25) is 0 Å². The van der Waals surface area contributed by atoms with Crippen molar-refractivity contribution in [3.8, 4) is 40.0 Å². The van der Waals surface area contributed by atoms with Gasteiger partial charge in [0.05, 0.1) is 37.7 Å². The van der Waals surface area contributed by atoms with Crippen LogP contribution in [0.15, 0.2) is 54.2 Å². The van der Waals surface area contributed by atoms with E-state index in [1.165, 1.54) is 19.4 Å². The van der Waals surface area contributed by atoms with Gasteiger partial charge in [0, 0.05) is 35.9 Å². The summed E-state index contributed by atoms with van der Waals surface area (Å²) in [7, 11) is 3.35. The number of halogens is 2. The number of rotatable bonds is 6. The van der Waals surface area contributed by atoms with E-state index >= 15 is 0 Å². The van der Waals surface area contributed by atoms with Crippen LogP contribution in [-0.2, 0) is 11.8 Å². The van der Waals surface area contributed by atoms with E-state index in [0.29, 0.717) is 44.5 Å². The van der Waals surface area contributed by atoms with Crippen LogP contribution < -0.4 is 10.5 Å². The first-order valence-corrected chi connectivity index (χ1v) is 12.5. The maximum absolute atomic E-state index is 13.5. The van der Waals surface area contributed by atoms with Crippen LogP contribution in [0.4, 0.5) is 14.6 Å². The summed E-state index contributed by atoms with van der Waals surface area (Å²) in [5.41, 5.74) is 7.91. The van der Waals surface area contributed by atoms with Crippen molar-refractivity contribution in [3.63, 3.8) is 0 Å². The Labute approximate surface area is 234 Å². The van der Waals surface area contributed by atoms with Gasteiger partial charge in [-0.3, -0.25) is 9.78 Å². The fourth-order valence-electron chi connectivity index (χ4n) is 3.74. The predicted molar refractivity (Wildman–Crippen MR) is 150 cm³/mol. The molecule has 9 nitrogen and oxygen atoms in total. The highest BCUT2D eigenvalue weighted by molar-refractivity contribution is 7.71. The molecule has 1 aromatic carbocycles. The number of aromatic amines is 1. The van der Waals surface area contributed by atoms with Crippen LogP contribution in [0.5, 0.6) is 5.75 Å². The molecule has 0 spiro atoms. The molecule has 3 N–H and O–H groups in total. The second-order valence-corrected chi connectivity index (χ2v) is 9.10. The first-order chi connectivity index (χ1) is 19.3. The zero-order valence-corrected chi connectivity index (χ0v) is 22.5. The molecule has 1 saturated carbocycles. The summed E-state index contributed by atoms with van der Waals surface area (Å²) >= 11 is 5.43. The number of amides is 1. The molecule has 5 rings (SSSR count). The van der Waals surface area contributed by atoms with Crippen molar-refractivity contribution in [2.45, 2.75) is 19.3 Å². The normalized spacial score (nSPS) is 12.4. The molecule has 4 aromatic rings. The van der Waals surface area contributed by atoms with Crippen LogP contribution in [0.25, 0.3) is 22.4 Å². The molecule has 204 valence electrons. The first-order valence-electron chi connectivity index (χ1n) is 12.1. The van der Waals surface area contributed by atoms with E-state index in [4.69, 9.17) is 21.7 Å². The molecule has 0 radical (unpaired) electrons. The highest BCUT2D eigenvalue weighted by Crippen LogP contribution is 2.36. The maximum atomic E-state index is 13.5. The molecular formula is C28H25F2N7O2S. The van der Waals surface area contributed by atoms with Crippen molar-refractivity contribution in [3.05, 3.63) is 70.8 Å². The summed E-state index contributed by atoms with van der Waals surface area (Å²) in [5, 5.41) is 0. The number of pyridine rings is 1. The minimum atomic E-state index is -2.73. The zero-order chi connectivity index (χ0) is 28.6. The molecule has 0 saturated heterocycles. The smallest absolute Gasteiger partial charge is 0.280 e. The molecule has 0 bridgehead atoms. The molecule has 40 heavy (non-hydrogen) atoms. The number of nitrogens with two attached hydrogens (primary N) is 1. The van der Waals surface area contributed by atoms with E-state index in [2.05, 4.69) is 42.5 Å². The van der Waals surface area contributed by atoms with Gasteiger partial charge in [-0.15, -0.1) is 0 Å². The lowest BCUT2D eigenvalue weighted by atomic mass is 9.96. The highest BCUT2D eigenvalue weighted by atomic mass is 32.1. The number of nitrogens with zero attached hydrogens (tertiary/aromatic N) is 5. The van der Waals surface area contributed by atoms with Gasteiger partial charge in [0.2, 0.25) is 6.41 Å². The highest BCUT2D eigenvalue weighted by Gasteiger charge is 2.18. The van der Waals surface area contributed by atoms with Crippen LogP contribution in [-0.4, -0.2) is 44.2 Å². The van der Waals surface area contributed by atoms with Gasteiger partial charge in [0.25, 0.3) is 6.43 Å². The van der Waals surface area contributed by atoms with Gasteiger partial charge in [0.15, 0.2) is 5.82 Å². The molecular weight excluding hydrogens is 536 g/mol. The Hall–Kier alpha value is -4.76. The number of H-pyrrole nitrogens is 1. The number of aliphatic imine (C=N–C) groups is 1. The quantitative estimate of drug-likeness (QED) is 0.145. The molecule has 1 aliphatic carbocycles. The van der Waals surface area contributed by atoms with E-state index in [9.17, 15) is 8.78 Å². The molecule has 0 atom stereocenters. The number of methoxy groups -OCH3 is 1. The molecule has 1 amide bonds. The van der Waals surface area contributed by atoms with Crippen LogP contribution in [0, 0.1) is 22.4 Å². The summed E-state index contributed by atoms with van der Waals surface area (Å²) in [6.45, 7) is 0. The second-order valence-electron chi connectivity index (χ2n) is 8.69. The standard InChI is InChI=1S/C27H22F2N6OS.CH3NO/c1-35-15-30-13-23(35)17-6-7-18(20(9-17)21-10-22(25(28)29)31-14-24(21)36-2)11-32-26-27(37)34-19(12-33-26)8-5-16-3-4-16;2-1-3/h6-7,9-16,25H,3-4H2,1-2H3,(H,34,37);1H,(H2,2,3). The Kier molecular flexibility index (Phi) is 9.08. The Bertz CT molecular complexity index is 1670. The minimum Gasteiger partial charge on any atom is -0.494 e. The molecule has 1 aliphatic rings. The third-order valence-electron chi connectivity index (χ3n) is 5.87. The summed E-state index contributed by atoms with van der Waals surface area (Å²) in [6.07, 6.45) is 7.71. The van der Waals surface area contributed by atoms with Crippen molar-refractivity contribution in [2.24, 2.45) is 23.7 Å². The molecule has 3 aromatic heterocycles. The summed E-state index contributed by atoms with van der Waals surface area (Å²) in [5.74, 6) is 7.36. The van der Waals surface area contributed by atoms with Crippen LogP contribution in [0.3, 0.4) is 0 Å². The van der Waals surface area contributed by atoms with Gasteiger partial charge in [-0.2, -0.15) is 0 Å². The van der Waals surface area contributed by atoms with Gasteiger partial charge in [-0.05, 0) is 36.5 Å². The van der Waals surface area contributed by atoms with Crippen molar-refractivity contribution in [2.75, 3.05) is 7.11 Å². The van der Waals surface area contributed by atoms with Crippen molar-refractivity contribution in [1.82, 2.24) is 24.5 Å². The van der Waals surface area contributed by atoms with Gasteiger partial charge in [0.1, 0.15) is 21.8 Å². The number of benzene rings is 1. The third kappa shape index (κ3) is 6.81. The van der Waals surface area contributed by atoms with Gasteiger partial charge in [-0.1, -0.05) is 30.3 Å². The predicted octanol–water partition coefficient (Wildman–Crippen LogP) is 5.16. The number of aromatic nitrogens is 5. The number of primary amides is 1. The van der Waals surface area contributed by atoms with Crippen LogP contribution in [0.1, 0.15) is 36.2 Å². The average Bonchev–Trinajstić information content (AvgIpc) is 3.69. The number of imidazole rings is 1. The van der Waals surface area contributed by atoms with E-state index in [1.54, 1.807) is 24.9 Å². The summed E-state index contributed by atoms with van der Waals surface area (Å²) in [6, 6.07) is 6.98. The molecule has 12 heteroatoms. The number of alkyl halides is 2. The second kappa shape index (κ2) is 12.9. The largest absolute Gasteiger partial charge is 0.494 e. The Morgan fingerprint density at radius 3 is 2.62 bits per heavy atom. The fourth-order valence-corrected chi connectivity index (χ4v) is 3.95. The monoisotopic (exact) mass is 561 g/mol. The number of aryl methyl sites for hydroxylation is 1. The van der Waals surface area contributed by atoms with Gasteiger partial charge >= 0.3 is 0 Å². The number of ether oxygens (including phenoxy) is 1. The summed E-state index contributed by atoms with van der Waals surface area (Å²) in [4.78, 5) is 28.5. The summed E-state index contributed by atoms with van der Waals surface area (Å²) < 4.78 is 34.8. The third-order valence-corrected chi connectivity index (χ3v) is 6.15. The number of hydrogen-bond donors (Lipinski definition) is 2. The number of carbonyl (C=O) groups is 1. The lowest BCUT2D eigenvalue weighted by molar-refractivity contribution is -0.106. The fraction of sp³-hybridized carbons (Fsp3) is 0.214. The number of hydrogen-bond acceptors (Lipinski definition) is 7.